The monoisotopic (exact) mass is 205 g/mol. The zero-order valence-corrected chi connectivity index (χ0v) is 9.45. The molecule has 0 rings (SSSR count). The van der Waals surface area contributed by atoms with Gasteiger partial charge in [0.2, 0.25) is 0 Å². The molecule has 0 aromatic rings. The van der Waals surface area contributed by atoms with Crippen LogP contribution in [-0.2, 0) is 9.53 Å². The fourth-order valence-electron chi connectivity index (χ4n) is 0.925. The zero-order chi connectivity index (χ0) is 10.1. The van der Waals surface area contributed by atoms with Crippen LogP contribution in [0.2, 0.25) is 0 Å². The van der Waals surface area contributed by atoms with Crippen LogP contribution in [0.5, 0.6) is 0 Å². The molecule has 0 spiro atoms. The molecule has 0 bridgehead atoms. The lowest BCUT2D eigenvalue weighted by Crippen LogP contribution is -2.26. The molecular formula is C9H19NO2S. The highest BCUT2D eigenvalue weighted by atomic mass is 32.2. The third-order valence-electron chi connectivity index (χ3n) is 1.70. The Labute approximate surface area is 84.6 Å². The first-order chi connectivity index (χ1) is 6.20. The molecule has 0 saturated carbocycles. The Morgan fingerprint density at radius 3 is 2.85 bits per heavy atom. The Morgan fingerprint density at radius 2 is 2.31 bits per heavy atom. The number of hydrogen-bond acceptors (Lipinski definition) is 4. The molecule has 0 aliphatic carbocycles. The summed E-state index contributed by atoms with van der Waals surface area (Å²) in [6.07, 6.45) is 1.09. The van der Waals surface area contributed by atoms with Gasteiger partial charge >= 0.3 is 5.97 Å². The van der Waals surface area contributed by atoms with Crippen molar-refractivity contribution in [2.75, 3.05) is 25.2 Å². The number of carbonyl (C=O) groups is 1. The number of nitrogens with one attached hydrogen (secondary N) is 1. The highest BCUT2D eigenvalue weighted by Crippen LogP contribution is 2.04. The predicted molar refractivity (Wildman–Crippen MR) is 57.1 cm³/mol. The fourth-order valence-corrected chi connectivity index (χ4v) is 1.87. The van der Waals surface area contributed by atoms with Crippen molar-refractivity contribution in [3.63, 3.8) is 0 Å². The topological polar surface area (TPSA) is 38.3 Å². The molecule has 0 heterocycles. The van der Waals surface area contributed by atoms with Crippen LogP contribution >= 0.6 is 11.8 Å². The number of methoxy groups -OCH3 is 1. The maximum absolute atomic E-state index is 10.7. The number of hydrogen-bond donors (Lipinski definition) is 1. The Morgan fingerprint density at radius 1 is 1.62 bits per heavy atom. The molecule has 4 heteroatoms. The van der Waals surface area contributed by atoms with Gasteiger partial charge in [0.15, 0.2) is 0 Å². The molecule has 78 valence electrons. The van der Waals surface area contributed by atoms with Crippen LogP contribution in [0.4, 0.5) is 0 Å². The van der Waals surface area contributed by atoms with Crippen molar-refractivity contribution in [1.29, 1.82) is 0 Å². The minimum absolute atomic E-state index is 0.138. The van der Waals surface area contributed by atoms with Crippen molar-refractivity contribution in [3.05, 3.63) is 0 Å². The number of ether oxygens (including phenoxy) is 1. The number of esters is 1. The second kappa shape index (κ2) is 8.38. The number of rotatable bonds is 7. The van der Waals surface area contributed by atoms with Gasteiger partial charge < -0.3 is 10.1 Å². The van der Waals surface area contributed by atoms with Crippen molar-refractivity contribution in [2.45, 2.75) is 26.3 Å². The second-order valence-electron chi connectivity index (χ2n) is 2.88. The third kappa shape index (κ3) is 8.12. The first kappa shape index (κ1) is 12.8. The van der Waals surface area contributed by atoms with Crippen LogP contribution in [0.15, 0.2) is 0 Å². The zero-order valence-electron chi connectivity index (χ0n) is 8.63. The van der Waals surface area contributed by atoms with E-state index in [9.17, 15) is 4.79 Å². The van der Waals surface area contributed by atoms with Crippen LogP contribution in [0.3, 0.4) is 0 Å². The van der Waals surface area contributed by atoms with Crippen LogP contribution in [0.1, 0.15) is 20.3 Å². The molecular weight excluding hydrogens is 186 g/mol. The molecule has 0 aliphatic heterocycles. The first-order valence-corrected chi connectivity index (χ1v) is 5.74. The van der Waals surface area contributed by atoms with E-state index < -0.39 is 0 Å². The summed E-state index contributed by atoms with van der Waals surface area (Å²) in [7, 11) is 1.42. The summed E-state index contributed by atoms with van der Waals surface area (Å²) >= 11 is 1.63. The Balaban J connectivity index is 3.20. The molecule has 1 N–H and O–H groups in total. The van der Waals surface area contributed by atoms with Gasteiger partial charge in [-0.2, -0.15) is 11.8 Å². The molecule has 0 saturated heterocycles. The average Bonchev–Trinajstić information content (AvgIpc) is 2.12. The Bertz CT molecular complexity index is 142. The summed E-state index contributed by atoms with van der Waals surface area (Å²) in [6, 6.07) is 0.537. The quantitative estimate of drug-likeness (QED) is 0.502. The van der Waals surface area contributed by atoms with Crippen LogP contribution in [0, 0.1) is 0 Å². The summed E-state index contributed by atoms with van der Waals surface area (Å²) in [4.78, 5) is 10.7. The van der Waals surface area contributed by atoms with Crippen molar-refractivity contribution < 1.29 is 9.53 Å². The van der Waals surface area contributed by atoms with E-state index in [1.165, 1.54) is 7.11 Å². The van der Waals surface area contributed by atoms with Gasteiger partial charge in [-0.1, -0.05) is 6.92 Å². The van der Waals surface area contributed by atoms with Gasteiger partial charge in [0.05, 0.1) is 12.9 Å². The molecule has 0 radical (unpaired) electrons. The second-order valence-corrected chi connectivity index (χ2v) is 3.98. The highest BCUT2D eigenvalue weighted by Gasteiger charge is 2.02. The number of thioether (sulfide) groups is 1. The molecule has 0 fully saturated rings. The summed E-state index contributed by atoms with van der Waals surface area (Å²) in [5.74, 6) is 1.33. The van der Waals surface area contributed by atoms with Gasteiger partial charge in [-0.15, -0.1) is 0 Å². The molecule has 1 atom stereocenters. The van der Waals surface area contributed by atoms with Crippen molar-refractivity contribution in [2.24, 2.45) is 0 Å². The minimum atomic E-state index is -0.138. The molecule has 1 unspecified atom stereocenters. The SMILES string of the molecule is CCNC(C)CCSCC(=O)OC. The van der Waals surface area contributed by atoms with E-state index in [1.54, 1.807) is 11.8 Å². The highest BCUT2D eigenvalue weighted by molar-refractivity contribution is 7.99. The minimum Gasteiger partial charge on any atom is -0.468 e. The van der Waals surface area contributed by atoms with Gasteiger partial charge in [0.1, 0.15) is 0 Å². The molecule has 0 aromatic heterocycles. The molecule has 3 nitrogen and oxygen atoms in total. The summed E-state index contributed by atoms with van der Waals surface area (Å²) in [5.41, 5.74) is 0. The van der Waals surface area contributed by atoms with Gasteiger partial charge in [-0.25, -0.2) is 0 Å². The van der Waals surface area contributed by atoms with Gasteiger partial charge in [-0.05, 0) is 25.6 Å². The lowest BCUT2D eigenvalue weighted by molar-refractivity contribution is -0.137. The normalized spacial score (nSPS) is 12.5. The van der Waals surface area contributed by atoms with Crippen molar-refractivity contribution in [3.8, 4) is 0 Å². The lowest BCUT2D eigenvalue weighted by atomic mass is 10.3. The largest absolute Gasteiger partial charge is 0.468 e. The van der Waals surface area contributed by atoms with E-state index in [4.69, 9.17) is 0 Å². The Hall–Kier alpha value is -0.220. The molecule has 0 aromatic carbocycles. The number of carbonyl (C=O) groups excluding carboxylic acids is 1. The van der Waals surface area contributed by atoms with Crippen LogP contribution in [-0.4, -0.2) is 37.2 Å². The summed E-state index contributed by atoms with van der Waals surface area (Å²) in [5, 5.41) is 3.32. The van der Waals surface area contributed by atoms with Crippen molar-refractivity contribution >= 4 is 17.7 Å². The standard InChI is InChI=1S/C9H19NO2S/c1-4-10-8(2)5-6-13-7-9(11)12-3/h8,10H,4-7H2,1-3H3. The predicted octanol–water partition coefficient (Wildman–Crippen LogP) is 1.28. The summed E-state index contributed by atoms with van der Waals surface area (Å²) < 4.78 is 4.53. The van der Waals surface area contributed by atoms with Gasteiger partial charge in [-0.3, -0.25) is 4.79 Å². The van der Waals surface area contributed by atoms with E-state index in [1.807, 2.05) is 0 Å². The molecule has 0 aliphatic rings. The lowest BCUT2D eigenvalue weighted by Gasteiger charge is -2.10. The van der Waals surface area contributed by atoms with Crippen molar-refractivity contribution in [1.82, 2.24) is 5.32 Å². The molecule has 0 amide bonds. The third-order valence-corrected chi connectivity index (χ3v) is 2.66. The van der Waals surface area contributed by atoms with E-state index in [0.717, 1.165) is 18.7 Å². The maximum atomic E-state index is 10.7. The van der Waals surface area contributed by atoms with Crippen LogP contribution in [0.25, 0.3) is 0 Å². The average molecular weight is 205 g/mol. The van der Waals surface area contributed by atoms with Gasteiger partial charge in [0, 0.05) is 6.04 Å². The van der Waals surface area contributed by atoms with E-state index in [2.05, 4.69) is 23.9 Å². The smallest absolute Gasteiger partial charge is 0.315 e. The van der Waals surface area contributed by atoms with Gasteiger partial charge in [0.25, 0.3) is 0 Å². The maximum Gasteiger partial charge on any atom is 0.315 e. The van der Waals surface area contributed by atoms with E-state index >= 15 is 0 Å². The first-order valence-electron chi connectivity index (χ1n) is 4.58. The molecule has 13 heavy (non-hydrogen) atoms. The van der Waals surface area contributed by atoms with E-state index in [-0.39, 0.29) is 5.97 Å². The fraction of sp³-hybridized carbons (Fsp3) is 0.889. The summed E-state index contributed by atoms with van der Waals surface area (Å²) in [6.45, 7) is 5.25. The van der Waals surface area contributed by atoms with E-state index in [0.29, 0.717) is 11.8 Å². The van der Waals surface area contributed by atoms with Crippen LogP contribution < -0.4 is 5.32 Å². The Kier molecular flexibility index (Phi) is 8.24.